The highest BCUT2D eigenvalue weighted by Gasteiger charge is 2.39. The summed E-state index contributed by atoms with van der Waals surface area (Å²) in [4.78, 5) is 5.08. The van der Waals surface area contributed by atoms with Crippen molar-refractivity contribution in [3.05, 3.63) is 250 Å². The van der Waals surface area contributed by atoms with Crippen molar-refractivity contribution in [3.8, 4) is 22.3 Å². The van der Waals surface area contributed by atoms with Gasteiger partial charge in [0.2, 0.25) is 0 Å². The Kier molecular flexibility index (Phi) is 8.44. The second-order valence-electron chi connectivity index (χ2n) is 19.9. The van der Waals surface area contributed by atoms with E-state index in [0.717, 1.165) is 32.1 Å². The summed E-state index contributed by atoms with van der Waals surface area (Å²) in [7, 11) is 0. The Morgan fingerprint density at radius 3 is 1.93 bits per heavy atom. The molecule has 8 aromatic rings. The third-order valence-electron chi connectivity index (χ3n) is 15.8. The maximum absolute atomic E-state index is 2.56. The first-order valence-electron chi connectivity index (χ1n) is 24.3. The van der Waals surface area contributed by atoms with Crippen molar-refractivity contribution in [1.29, 1.82) is 0 Å². The molecule has 0 radical (unpaired) electrons. The Hall–Kier alpha value is -7.68. The van der Waals surface area contributed by atoms with Crippen LogP contribution in [0.5, 0.6) is 0 Å². The summed E-state index contributed by atoms with van der Waals surface area (Å²) < 4.78 is 0. The van der Waals surface area contributed by atoms with Gasteiger partial charge in [-0.1, -0.05) is 166 Å². The third kappa shape index (κ3) is 5.75. The monoisotopic (exact) mass is 858 g/mol. The van der Waals surface area contributed by atoms with Crippen molar-refractivity contribution in [2.45, 2.75) is 51.4 Å². The number of nitrogens with zero attached hydrogens (tertiary/aromatic N) is 2. The fourth-order valence-electron chi connectivity index (χ4n) is 12.8. The van der Waals surface area contributed by atoms with Crippen LogP contribution in [0.3, 0.4) is 0 Å². The molecule has 2 nitrogen and oxygen atoms in total. The second-order valence-corrected chi connectivity index (χ2v) is 19.9. The third-order valence-corrected chi connectivity index (χ3v) is 15.8. The van der Waals surface area contributed by atoms with Crippen molar-refractivity contribution < 1.29 is 0 Å². The molecular weight excluding hydrogens is 809 g/mol. The second kappa shape index (κ2) is 14.7. The molecule has 14 rings (SSSR count). The Balaban J connectivity index is 1.11. The molecule has 4 aliphatic carbocycles. The van der Waals surface area contributed by atoms with Crippen LogP contribution >= 0.6 is 0 Å². The van der Waals surface area contributed by atoms with Gasteiger partial charge in [0.1, 0.15) is 0 Å². The summed E-state index contributed by atoms with van der Waals surface area (Å²) in [5.41, 5.74) is 25.2. The number of hydrogen-bond donors (Lipinski definition) is 0. The fraction of sp³-hybridized carbons (Fsp3) is 0.138. The minimum atomic E-state index is -0.203. The molecule has 0 bridgehead atoms. The molecule has 0 saturated carbocycles. The molecule has 0 N–H and O–H groups in total. The van der Waals surface area contributed by atoms with Gasteiger partial charge in [0.25, 0.3) is 0 Å². The first-order valence-corrected chi connectivity index (χ1v) is 24.3. The van der Waals surface area contributed by atoms with E-state index in [1.165, 1.54) is 128 Å². The molecule has 0 saturated heterocycles. The highest BCUT2D eigenvalue weighted by atomic mass is 15.2. The molecule has 6 aliphatic rings. The van der Waals surface area contributed by atoms with Gasteiger partial charge in [0, 0.05) is 51.9 Å². The molecule has 1 unspecified atom stereocenters. The summed E-state index contributed by atoms with van der Waals surface area (Å²) in [6, 6.07) is 58.1. The van der Waals surface area contributed by atoms with Crippen LogP contribution in [-0.4, -0.2) is 0 Å². The van der Waals surface area contributed by atoms with Gasteiger partial charge in [0.05, 0.1) is 0 Å². The minimum absolute atomic E-state index is 0.203. The van der Waals surface area contributed by atoms with Crippen molar-refractivity contribution >= 4 is 55.6 Å². The van der Waals surface area contributed by atoms with Crippen molar-refractivity contribution in [2.75, 3.05) is 9.80 Å². The van der Waals surface area contributed by atoms with Crippen LogP contribution in [0.15, 0.2) is 217 Å². The zero-order valence-corrected chi connectivity index (χ0v) is 38.1. The normalized spacial score (nSPS) is 18.1. The standard InChI is InChI=1S/C65H50N2/c1-65(2)57-25-10-9-22-50(57)53-23-15-24-54(64(53)65)63-52-35-33-48(66-58-26-11-5-18-43(58)37-44-19-6-12-27-59(44)66)39-55(52)62(47-31-30-41-16-3-4-17-42(41)36-47)51-34-32-49(40-56(51)63)67-60-28-13-7-20-45(60)38-46-21-8-14-29-61(46)67/h3-7,9-20,22-35,39-40,42H,8,21,36-38H2,1-2H3. The van der Waals surface area contributed by atoms with Crippen LogP contribution in [0.2, 0.25) is 0 Å². The predicted molar refractivity (Wildman–Crippen MR) is 282 cm³/mol. The minimum Gasteiger partial charge on any atom is -0.310 e. The summed E-state index contributed by atoms with van der Waals surface area (Å²) in [6.45, 7) is 4.87. The lowest BCUT2D eigenvalue weighted by atomic mass is 9.75. The average Bonchev–Trinajstić information content (AvgIpc) is 3.61. The molecule has 0 spiro atoms. The lowest BCUT2D eigenvalue weighted by molar-refractivity contribution is 0.662. The quantitative estimate of drug-likeness (QED) is 0.163. The van der Waals surface area contributed by atoms with E-state index in [2.05, 4.69) is 224 Å². The molecule has 2 aliphatic heterocycles. The molecule has 0 fully saturated rings. The summed E-state index contributed by atoms with van der Waals surface area (Å²) >= 11 is 0. The van der Waals surface area contributed by atoms with E-state index in [-0.39, 0.29) is 5.41 Å². The summed E-state index contributed by atoms with van der Waals surface area (Å²) in [6.07, 6.45) is 23.7. The molecule has 67 heavy (non-hydrogen) atoms. The lowest BCUT2D eigenvalue weighted by Crippen LogP contribution is -2.24. The Morgan fingerprint density at radius 1 is 0.522 bits per heavy atom. The van der Waals surface area contributed by atoms with E-state index in [9.17, 15) is 0 Å². The van der Waals surface area contributed by atoms with Crippen LogP contribution in [0.4, 0.5) is 28.4 Å². The van der Waals surface area contributed by atoms with E-state index < -0.39 is 0 Å². The smallest absolute Gasteiger partial charge is 0.0497 e. The van der Waals surface area contributed by atoms with Crippen molar-refractivity contribution in [3.63, 3.8) is 0 Å². The highest BCUT2D eigenvalue weighted by molar-refractivity contribution is 6.21. The first-order chi connectivity index (χ1) is 33.0. The zero-order chi connectivity index (χ0) is 44.4. The molecule has 2 heterocycles. The number of allylic oxidation sites excluding steroid dienone is 11. The van der Waals surface area contributed by atoms with Gasteiger partial charge in [-0.15, -0.1) is 0 Å². The Bertz CT molecular complexity index is 3610. The molecule has 2 heteroatoms. The number of hydrogen-bond acceptors (Lipinski definition) is 2. The van der Waals surface area contributed by atoms with Gasteiger partial charge in [-0.3, -0.25) is 0 Å². The van der Waals surface area contributed by atoms with Crippen molar-refractivity contribution in [1.82, 2.24) is 0 Å². The maximum Gasteiger partial charge on any atom is 0.0497 e. The first kappa shape index (κ1) is 38.6. The molecule has 8 aromatic carbocycles. The van der Waals surface area contributed by atoms with Crippen LogP contribution < -0.4 is 9.80 Å². The zero-order valence-electron chi connectivity index (χ0n) is 38.1. The number of anilines is 5. The van der Waals surface area contributed by atoms with Gasteiger partial charge >= 0.3 is 0 Å². The van der Waals surface area contributed by atoms with Gasteiger partial charge in [-0.05, 0) is 168 Å². The van der Waals surface area contributed by atoms with E-state index >= 15 is 0 Å². The molecule has 0 amide bonds. The SMILES string of the molecule is CC1(C)c2ccccc2-c2cccc(-c3c4ccc(N5c6ccccc6Cc6ccccc65)cc4c(C4=CC=C5C=CC=CC5C4)c4ccc(N5C6=C(CCC=C6)Cc6ccccc65)cc34)c21. The van der Waals surface area contributed by atoms with E-state index in [1.807, 2.05) is 0 Å². The number of rotatable bonds is 4. The largest absolute Gasteiger partial charge is 0.310 e. The van der Waals surface area contributed by atoms with Crippen LogP contribution in [0, 0.1) is 5.92 Å². The Labute approximate surface area is 393 Å². The maximum atomic E-state index is 2.56. The Morgan fingerprint density at radius 2 is 1.15 bits per heavy atom. The molecular formula is C65H50N2. The van der Waals surface area contributed by atoms with E-state index in [4.69, 9.17) is 0 Å². The van der Waals surface area contributed by atoms with Gasteiger partial charge in [-0.2, -0.15) is 0 Å². The fourth-order valence-corrected chi connectivity index (χ4v) is 12.8. The molecule has 0 aromatic heterocycles. The lowest BCUT2D eigenvalue weighted by Gasteiger charge is -2.36. The van der Waals surface area contributed by atoms with Crippen LogP contribution in [0.25, 0.3) is 49.4 Å². The summed E-state index contributed by atoms with van der Waals surface area (Å²) in [5.74, 6) is 0.336. The molecule has 1 atom stereocenters. The van der Waals surface area contributed by atoms with E-state index in [0.29, 0.717) is 5.92 Å². The van der Waals surface area contributed by atoms with Gasteiger partial charge in [-0.25, -0.2) is 0 Å². The van der Waals surface area contributed by atoms with Gasteiger partial charge < -0.3 is 9.80 Å². The van der Waals surface area contributed by atoms with Crippen LogP contribution in [0.1, 0.15) is 66.5 Å². The average molecular weight is 859 g/mol. The van der Waals surface area contributed by atoms with Gasteiger partial charge in [0.15, 0.2) is 0 Å². The summed E-state index contributed by atoms with van der Waals surface area (Å²) in [5, 5.41) is 5.17. The van der Waals surface area contributed by atoms with Crippen molar-refractivity contribution in [2.24, 2.45) is 5.92 Å². The number of benzene rings is 8. The number of para-hydroxylation sites is 3. The predicted octanol–water partition coefficient (Wildman–Crippen LogP) is 17.1. The van der Waals surface area contributed by atoms with E-state index in [1.54, 1.807) is 0 Å². The van der Waals surface area contributed by atoms with Crippen LogP contribution in [-0.2, 0) is 18.3 Å². The topological polar surface area (TPSA) is 6.48 Å². The number of fused-ring (bicyclic) bond motifs is 9. The highest BCUT2D eigenvalue weighted by Crippen LogP contribution is 2.56. The molecule has 320 valence electrons.